The van der Waals surface area contributed by atoms with E-state index in [0.29, 0.717) is 5.13 Å². The van der Waals surface area contributed by atoms with Crippen molar-refractivity contribution < 1.29 is 0 Å². The van der Waals surface area contributed by atoms with Gasteiger partial charge in [0.1, 0.15) is 0 Å². The van der Waals surface area contributed by atoms with Crippen LogP contribution in [0, 0.1) is 0 Å². The van der Waals surface area contributed by atoms with Gasteiger partial charge < -0.3 is 5.73 Å². The van der Waals surface area contributed by atoms with Crippen molar-refractivity contribution >= 4 is 32.4 Å². The Morgan fingerprint density at radius 1 is 1.31 bits per heavy atom. The summed E-state index contributed by atoms with van der Waals surface area (Å²) in [6, 6.07) is 8.51. The molecule has 0 aliphatic heterocycles. The van der Waals surface area contributed by atoms with Crippen LogP contribution in [0.2, 0.25) is 0 Å². The maximum absolute atomic E-state index is 5.67. The van der Waals surface area contributed by atoms with Crippen LogP contribution in [0.5, 0.6) is 0 Å². The highest BCUT2D eigenvalue weighted by molar-refractivity contribution is 9.11. The Labute approximate surface area is 108 Å². The van der Waals surface area contributed by atoms with Gasteiger partial charge in [-0.1, -0.05) is 48.9 Å². The maximum Gasteiger partial charge on any atom is 0.181 e. The number of rotatable bonds is 3. The summed E-state index contributed by atoms with van der Waals surface area (Å²) in [5, 5.41) is 0.597. The molecule has 4 heteroatoms. The predicted molar refractivity (Wildman–Crippen MR) is 73.7 cm³/mol. The van der Waals surface area contributed by atoms with Crippen LogP contribution in [-0.4, -0.2) is 4.98 Å². The molecule has 0 saturated heterocycles. The molecule has 0 atom stereocenters. The zero-order valence-electron chi connectivity index (χ0n) is 9.03. The van der Waals surface area contributed by atoms with Crippen LogP contribution in [0.1, 0.15) is 18.9 Å². The van der Waals surface area contributed by atoms with Gasteiger partial charge in [-0.25, -0.2) is 4.98 Å². The van der Waals surface area contributed by atoms with Crippen LogP contribution in [-0.2, 0) is 6.42 Å². The van der Waals surface area contributed by atoms with Gasteiger partial charge in [0.05, 0.1) is 9.48 Å². The van der Waals surface area contributed by atoms with E-state index in [2.05, 4.69) is 52.1 Å². The summed E-state index contributed by atoms with van der Waals surface area (Å²) in [7, 11) is 0. The van der Waals surface area contributed by atoms with E-state index in [4.69, 9.17) is 5.73 Å². The molecular weight excluding hydrogens is 284 g/mol. The molecule has 0 spiro atoms. The minimum Gasteiger partial charge on any atom is -0.375 e. The van der Waals surface area contributed by atoms with Crippen LogP contribution in [0.3, 0.4) is 0 Å². The van der Waals surface area contributed by atoms with Crippen molar-refractivity contribution in [3.8, 4) is 11.3 Å². The molecule has 1 heterocycles. The van der Waals surface area contributed by atoms with Crippen LogP contribution in [0.15, 0.2) is 28.1 Å². The summed E-state index contributed by atoms with van der Waals surface area (Å²) in [6.45, 7) is 2.19. The Morgan fingerprint density at radius 2 is 2.00 bits per heavy atom. The Balaban J connectivity index is 2.31. The Bertz CT molecular complexity index is 476. The topological polar surface area (TPSA) is 38.9 Å². The number of nitrogens with two attached hydrogens (primary N) is 1. The molecule has 1 aromatic heterocycles. The molecule has 0 bridgehead atoms. The van der Waals surface area contributed by atoms with Gasteiger partial charge in [-0.15, -0.1) is 0 Å². The highest BCUT2D eigenvalue weighted by Gasteiger charge is 2.08. The molecule has 84 valence electrons. The molecule has 0 radical (unpaired) electrons. The van der Waals surface area contributed by atoms with Gasteiger partial charge >= 0.3 is 0 Å². The molecule has 0 amide bonds. The smallest absolute Gasteiger partial charge is 0.181 e. The quantitative estimate of drug-likeness (QED) is 0.926. The van der Waals surface area contributed by atoms with Crippen molar-refractivity contribution in [1.82, 2.24) is 4.98 Å². The number of anilines is 1. The number of aryl methyl sites for hydroxylation is 1. The third-order valence-electron chi connectivity index (χ3n) is 2.37. The van der Waals surface area contributed by atoms with Gasteiger partial charge in [0, 0.05) is 5.56 Å². The van der Waals surface area contributed by atoms with Crippen molar-refractivity contribution in [3.05, 3.63) is 33.6 Å². The first-order valence-electron chi connectivity index (χ1n) is 5.22. The third-order valence-corrected chi connectivity index (χ3v) is 3.90. The second-order valence-electron chi connectivity index (χ2n) is 3.62. The highest BCUT2D eigenvalue weighted by Crippen LogP contribution is 2.34. The van der Waals surface area contributed by atoms with Crippen molar-refractivity contribution in [2.45, 2.75) is 19.8 Å². The number of nitrogen functional groups attached to an aromatic ring is 1. The summed E-state index contributed by atoms with van der Waals surface area (Å²) in [5.41, 5.74) is 9.08. The van der Waals surface area contributed by atoms with Gasteiger partial charge in [0.15, 0.2) is 5.13 Å². The van der Waals surface area contributed by atoms with Gasteiger partial charge in [0.2, 0.25) is 0 Å². The van der Waals surface area contributed by atoms with Crippen LogP contribution < -0.4 is 5.73 Å². The molecule has 16 heavy (non-hydrogen) atoms. The molecule has 2 N–H and O–H groups in total. The molecule has 2 rings (SSSR count). The number of aromatic nitrogens is 1. The highest BCUT2D eigenvalue weighted by atomic mass is 79.9. The Kier molecular flexibility index (Phi) is 3.61. The van der Waals surface area contributed by atoms with E-state index in [1.54, 1.807) is 0 Å². The molecular formula is C12H13BrN2S. The zero-order chi connectivity index (χ0) is 11.5. The molecule has 1 aromatic carbocycles. The summed E-state index contributed by atoms with van der Waals surface area (Å²) >= 11 is 4.94. The number of halogens is 1. The second-order valence-corrected chi connectivity index (χ2v) is 5.97. The minimum absolute atomic E-state index is 0.597. The average Bonchev–Trinajstić information content (AvgIpc) is 2.59. The lowest BCUT2D eigenvalue weighted by Gasteiger charge is -2.01. The standard InChI is InChI=1S/C12H13BrN2S/c1-2-3-8-4-6-9(7-5-8)10-11(13)16-12(14)15-10/h4-7H,2-3H2,1H3,(H2,14,15). The van der Waals surface area contributed by atoms with E-state index in [-0.39, 0.29) is 0 Å². The monoisotopic (exact) mass is 296 g/mol. The fraction of sp³-hybridized carbons (Fsp3) is 0.250. The van der Waals surface area contributed by atoms with E-state index in [0.717, 1.165) is 21.5 Å². The summed E-state index contributed by atoms with van der Waals surface area (Å²) in [5.74, 6) is 0. The molecule has 0 aliphatic carbocycles. The normalized spacial score (nSPS) is 10.6. The SMILES string of the molecule is CCCc1ccc(-c2nc(N)sc2Br)cc1. The molecule has 0 fully saturated rings. The summed E-state index contributed by atoms with van der Waals surface area (Å²) < 4.78 is 0.994. The minimum atomic E-state index is 0.597. The zero-order valence-corrected chi connectivity index (χ0v) is 11.4. The van der Waals surface area contributed by atoms with E-state index in [1.807, 2.05) is 0 Å². The summed E-state index contributed by atoms with van der Waals surface area (Å²) in [6.07, 6.45) is 2.30. The van der Waals surface area contributed by atoms with Crippen LogP contribution in [0.4, 0.5) is 5.13 Å². The fourth-order valence-corrected chi connectivity index (χ4v) is 3.01. The molecule has 0 unspecified atom stereocenters. The van der Waals surface area contributed by atoms with Gasteiger partial charge in [0.25, 0.3) is 0 Å². The van der Waals surface area contributed by atoms with Crippen molar-refractivity contribution in [3.63, 3.8) is 0 Å². The third kappa shape index (κ3) is 2.44. The Morgan fingerprint density at radius 3 is 2.50 bits per heavy atom. The lowest BCUT2D eigenvalue weighted by Crippen LogP contribution is -1.85. The van der Waals surface area contributed by atoms with Gasteiger partial charge in [-0.2, -0.15) is 0 Å². The van der Waals surface area contributed by atoms with Crippen molar-refractivity contribution in [2.75, 3.05) is 5.73 Å². The van der Waals surface area contributed by atoms with E-state index in [9.17, 15) is 0 Å². The van der Waals surface area contributed by atoms with Crippen LogP contribution >= 0.6 is 27.3 Å². The summed E-state index contributed by atoms with van der Waals surface area (Å²) in [4.78, 5) is 4.31. The number of hydrogen-bond acceptors (Lipinski definition) is 3. The molecule has 2 nitrogen and oxygen atoms in total. The van der Waals surface area contributed by atoms with Crippen molar-refractivity contribution in [2.24, 2.45) is 0 Å². The lowest BCUT2D eigenvalue weighted by molar-refractivity contribution is 0.922. The molecule has 2 aromatic rings. The fourth-order valence-electron chi connectivity index (χ4n) is 1.61. The molecule has 0 saturated carbocycles. The number of hydrogen-bond donors (Lipinski definition) is 1. The first kappa shape index (κ1) is 11.6. The number of benzene rings is 1. The van der Waals surface area contributed by atoms with E-state index < -0.39 is 0 Å². The van der Waals surface area contributed by atoms with E-state index in [1.165, 1.54) is 23.3 Å². The Hall–Kier alpha value is -0.870. The lowest BCUT2D eigenvalue weighted by atomic mass is 10.1. The van der Waals surface area contributed by atoms with Gasteiger partial charge in [-0.05, 0) is 27.9 Å². The predicted octanol–water partition coefficient (Wildman–Crippen LogP) is 4.11. The van der Waals surface area contributed by atoms with Gasteiger partial charge in [-0.3, -0.25) is 0 Å². The van der Waals surface area contributed by atoms with Crippen molar-refractivity contribution in [1.29, 1.82) is 0 Å². The first-order chi connectivity index (χ1) is 7.70. The second kappa shape index (κ2) is 4.97. The average molecular weight is 297 g/mol. The maximum atomic E-state index is 5.67. The molecule has 0 aliphatic rings. The number of nitrogens with zero attached hydrogens (tertiary/aromatic N) is 1. The first-order valence-corrected chi connectivity index (χ1v) is 6.82. The largest absolute Gasteiger partial charge is 0.375 e. The van der Waals surface area contributed by atoms with E-state index >= 15 is 0 Å². The van der Waals surface area contributed by atoms with Crippen LogP contribution in [0.25, 0.3) is 11.3 Å². The number of thiazole rings is 1.